The van der Waals surface area contributed by atoms with E-state index in [-0.39, 0.29) is 11.7 Å². The Hall–Kier alpha value is -3.59. The second-order valence-corrected chi connectivity index (χ2v) is 7.79. The summed E-state index contributed by atoms with van der Waals surface area (Å²) in [5.41, 5.74) is 2.81. The Morgan fingerprint density at radius 2 is 1.94 bits per heavy atom. The van der Waals surface area contributed by atoms with Gasteiger partial charge in [0.05, 0.1) is 18.4 Å². The first-order chi connectivity index (χ1) is 15.1. The SMILES string of the molecule is COc1ccc(CNc2nc(SCC(=O)Nc3cc(C)[nH]n3)nc3ccccc23)cc1. The normalized spacial score (nSPS) is 10.8. The summed E-state index contributed by atoms with van der Waals surface area (Å²) >= 11 is 1.28. The smallest absolute Gasteiger partial charge is 0.236 e. The van der Waals surface area contributed by atoms with Gasteiger partial charge in [-0.1, -0.05) is 36.0 Å². The number of rotatable bonds is 8. The molecule has 0 atom stereocenters. The molecule has 31 heavy (non-hydrogen) atoms. The van der Waals surface area contributed by atoms with Crippen molar-refractivity contribution in [2.75, 3.05) is 23.5 Å². The highest BCUT2D eigenvalue weighted by Crippen LogP contribution is 2.25. The molecule has 1 amide bonds. The first-order valence-electron chi connectivity index (χ1n) is 9.69. The van der Waals surface area contributed by atoms with Crippen molar-refractivity contribution < 1.29 is 9.53 Å². The standard InChI is InChI=1S/C22H22N6O2S/c1-14-11-19(28-27-14)25-20(29)13-31-22-24-18-6-4-3-5-17(18)21(26-22)23-12-15-7-9-16(30-2)10-8-15/h3-11H,12-13H2,1-2H3,(H,23,24,26)(H2,25,27,28,29). The third-order valence-corrected chi connectivity index (χ3v) is 5.35. The number of methoxy groups -OCH3 is 1. The lowest BCUT2D eigenvalue weighted by Gasteiger charge is -2.11. The van der Waals surface area contributed by atoms with E-state index in [0.29, 0.717) is 17.5 Å². The summed E-state index contributed by atoms with van der Waals surface area (Å²) in [6.45, 7) is 2.48. The van der Waals surface area contributed by atoms with Crippen LogP contribution >= 0.6 is 11.8 Å². The number of amides is 1. The first kappa shape index (κ1) is 20.7. The van der Waals surface area contributed by atoms with Crippen LogP contribution in [0.4, 0.5) is 11.6 Å². The predicted octanol–water partition coefficient (Wildman–Crippen LogP) is 4.01. The number of H-pyrrole nitrogens is 1. The highest BCUT2D eigenvalue weighted by Gasteiger charge is 2.11. The molecule has 8 nitrogen and oxygen atoms in total. The Balaban J connectivity index is 1.46. The molecule has 2 aromatic carbocycles. The molecule has 0 spiro atoms. The van der Waals surface area contributed by atoms with Gasteiger partial charge in [0.2, 0.25) is 5.91 Å². The number of aryl methyl sites for hydroxylation is 1. The molecular weight excluding hydrogens is 412 g/mol. The number of thioether (sulfide) groups is 1. The molecule has 158 valence electrons. The van der Waals surface area contributed by atoms with Gasteiger partial charge >= 0.3 is 0 Å². The molecule has 4 aromatic rings. The number of nitrogens with one attached hydrogen (secondary N) is 3. The minimum Gasteiger partial charge on any atom is -0.497 e. The van der Waals surface area contributed by atoms with Crippen LogP contribution in [0.1, 0.15) is 11.3 Å². The van der Waals surface area contributed by atoms with Crippen LogP contribution in [0.2, 0.25) is 0 Å². The summed E-state index contributed by atoms with van der Waals surface area (Å²) in [4.78, 5) is 21.5. The first-order valence-corrected chi connectivity index (χ1v) is 10.7. The Morgan fingerprint density at radius 3 is 2.68 bits per heavy atom. The molecule has 0 aliphatic rings. The van der Waals surface area contributed by atoms with E-state index < -0.39 is 0 Å². The molecule has 3 N–H and O–H groups in total. The van der Waals surface area contributed by atoms with Crippen molar-refractivity contribution in [3.63, 3.8) is 0 Å². The van der Waals surface area contributed by atoms with Crippen molar-refractivity contribution in [2.45, 2.75) is 18.6 Å². The quantitative estimate of drug-likeness (QED) is 0.284. The maximum atomic E-state index is 12.2. The number of aromatic nitrogens is 4. The summed E-state index contributed by atoms with van der Waals surface area (Å²) < 4.78 is 5.21. The van der Waals surface area contributed by atoms with Gasteiger partial charge in [-0.2, -0.15) is 5.10 Å². The Kier molecular flexibility index (Phi) is 6.32. The maximum absolute atomic E-state index is 12.2. The monoisotopic (exact) mass is 434 g/mol. The van der Waals surface area contributed by atoms with Crippen LogP contribution in [0.5, 0.6) is 5.75 Å². The van der Waals surface area contributed by atoms with Gasteiger partial charge in [0.25, 0.3) is 0 Å². The number of para-hydroxylation sites is 1. The van der Waals surface area contributed by atoms with Gasteiger partial charge in [-0.05, 0) is 36.8 Å². The van der Waals surface area contributed by atoms with E-state index in [2.05, 4.69) is 30.8 Å². The van der Waals surface area contributed by atoms with Gasteiger partial charge in [0.15, 0.2) is 11.0 Å². The van der Waals surface area contributed by atoms with Crippen LogP contribution < -0.4 is 15.4 Å². The number of fused-ring (bicyclic) bond motifs is 1. The lowest BCUT2D eigenvalue weighted by Crippen LogP contribution is -2.14. The molecule has 0 aliphatic heterocycles. The topological polar surface area (TPSA) is 105 Å². The lowest BCUT2D eigenvalue weighted by molar-refractivity contribution is -0.113. The minimum absolute atomic E-state index is 0.166. The molecule has 0 unspecified atom stereocenters. The fourth-order valence-corrected chi connectivity index (χ4v) is 3.63. The van der Waals surface area contributed by atoms with Crippen molar-refractivity contribution >= 4 is 40.2 Å². The second-order valence-electron chi connectivity index (χ2n) is 6.85. The largest absolute Gasteiger partial charge is 0.497 e. The molecule has 2 aromatic heterocycles. The van der Waals surface area contributed by atoms with Crippen LogP contribution in [0.25, 0.3) is 10.9 Å². The molecule has 2 heterocycles. The average molecular weight is 435 g/mol. The summed E-state index contributed by atoms with van der Waals surface area (Å²) in [6, 6.07) is 17.4. The van der Waals surface area contributed by atoms with E-state index in [0.717, 1.165) is 33.7 Å². The van der Waals surface area contributed by atoms with Gasteiger partial charge < -0.3 is 15.4 Å². The fraction of sp³-hybridized carbons (Fsp3) is 0.182. The lowest BCUT2D eigenvalue weighted by atomic mass is 10.2. The number of carbonyl (C=O) groups is 1. The van der Waals surface area contributed by atoms with Gasteiger partial charge in [-0.15, -0.1) is 0 Å². The predicted molar refractivity (Wildman–Crippen MR) is 123 cm³/mol. The molecule has 0 radical (unpaired) electrons. The number of ether oxygens (including phenoxy) is 1. The summed E-state index contributed by atoms with van der Waals surface area (Å²) in [7, 11) is 1.65. The zero-order valence-corrected chi connectivity index (χ0v) is 18.0. The molecule has 4 rings (SSSR count). The van der Waals surface area contributed by atoms with Crippen molar-refractivity contribution in [2.24, 2.45) is 0 Å². The maximum Gasteiger partial charge on any atom is 0.236 e. The summed E-state index contributed by atoms with van der Waals surface area (Å²) in [5.74, 6) is 2.07. The number of hydrogen-bond donors (Lipinski definition) is 3. The van der Waals surface area contributed by atoms with Crippen LogP contribution in [-0.4, -0.2) is 38.9 Å². The van der Waals surface area contributed by atoms with Crippen molar-refractivity contribution in [3.05, 3.63) is 65.9 Å². The van der Waals surface area contributed by atoms with Crippen molar-refractivity contribution in [1.82, 2.24) is 20.2 Å². The second kappa shape index (κ2) is 9.48. The number of nitrogens with zero attached hydrogens (tertiary/aromatic N) is 3. The van der Waals surface area contributed by atoms with E-state index in [1.54, 1.807) is 13.2 Å². The zero-order chi connectivity index (χ0) is 21.6. The van der Waals surface area contributed by atoms with Gasteiger partial charge in [-0.25, -0.2) is 9.97 Å². The Labute approximate surface area is 183 Å². The zero-order valence-electron chi connectivity index (χ0n) is 17.2. The number of aromatic amines is 1. The highest BCUT2D eigenvalue weighted by molar-refractivity contribution is 7.99. The molecule has 0 saturated heterocycles. The number of hydrogen-bond acceptors (Lipinski definition) is 7. The van der Waals surface area contributed by atoms with E-state index in [9.17, 15) is 4.79 Å². The third kappa shape index (κ3) is 5.32. The fourth-order valence-electron chi connectivity index (χ4n) is 2.97. The third-order valence-electron chi connectivity index (χ3n) is 4.51. The number of anilines is 2. The molecule has 0 aliphatic carbocycles. The molecular formula is C22H22N6O2S. The van der Waals surface area contributed by atoms with E-state index in [1.807, 2.05) is 55.5 Å². The molecule has 0 bridgehead atoms. The van der Waals surface area contributed by atoms with Crippen LogP contribution in [-0.2, 0) is 11.3 Å². The van der Waals surface area contributed by atoms with Gasteiger partial charge in [0.1, 0.15) is 11.6 Å². The van der Waals surface area contributed by atoms with Gasteiger partial charge in [-0.3, -0.25) is 9.89 Å². The van der Waals surface area contributed by atoms with Gasteiger partial charge in [0, 0.05) is 23.7 Å². The number of carbonyl (C=O) groups excluding carboxylic acids is 1. The number of benzene rings is 2. The van der Waals surface area contributed by atoms with E-state index in [4.69, 9.17) is 4.74 Å². The minimum atomic E-state index is -0.166. The highest BCUT2D eigenvalue weighted by atomic mass is 32.2. The summed E-state index contributed by atoms with van der Waals surface area (Å²) in [6.07, 6.45) is 0. The average Bonchev–Trinajstić information content (AvgIpc) is 3.20. The molecule has 9 heteroatoms. The summed E-state index contributed by atoms with van der Waals surface area (Å²) in [5, 5.41) is 14.4. The van der Waals surface area contributed by atoms with E-state index in [1.165, 1.54) is 11.8 Å². The van der Waals surface area contributed by atoms with E-state index >= 15 is 0 Å². The van der Waals surface area contributed by atoms with Crippen LogP contribution in [0, 0.1) is 6.92 Å². The van der Waals surface area contributed by atoms with Crippen LogP contribution in [0.3, 0.4) is 0 Å². The van der Waals surface area contributed by atoms with Crippen molar-refractivity contribution in [3.8, 4) is 5.75 Å². The Morgan fingerprint density at radius 1 is 1.13 bits per heavy atom. The van der Waals surface area contributed by atoms with Crippen LogP contribution in [0.15, 0.2) is 59.8 Å². The molecule has 0 saturated carbocycles. The Bertz CT molecular complexity index is 1190. The van der Waals surface area contributed by atoms with Crippen molar-refractivity contribution in [1.29, 1.82) is 0 Å². The molecule has 0 fully saturated rings.